The highest BCUT2D eigenvalue weighted by Gasteiger charge is 2.05. The largest absolute Gasteiger partial charge is 0.369 e. The van der Waals surface area contributed by atoms with Gasteiger partial charge in [-0.1, -0.05) is 23.2 Å². The SMILES string of the molecule is CC(C)OCC(=O)Nc1cc(Cl)cc(Cl)c1. The van der Waals surface area contributed by atoms with Crippen LogP contribution in [0.3, 0.4) is 0 Å². The van der Waals surface area contributed by atoms with E-state index in [-0.39, 0.29) is 18.6 Å². The summed E-state index contributed by atoms with van der Waals surface area (Å²) in [7, 11) is 0. The van der Waals surface area contributed by atoms with Crippen molar-refractivity contribution in [2.45, 2.75) is 20.0 Å². The molecule has 16 heavy (non-hydrogen) atoms. The minimum Gasteiger partial charge on any atom is -0.369 e. The maximum absolute atomic E-state index is 11.4. The molecular formula is C11H13Cl2NO2. The van der Waals surface area contributed by atoms with Gasteiger partial charge in [0, 0.05) is 15.7 Å². The quantitative estimate of drug-likeness (QED) is 0.903. The zero-order valence-electron chi connectivity index (χ0n) is 9.09. The third-order valence-corrected chi connectivity index (χ3v) is 2.13. The Bertz CT molecular complexity index is 360. The molecule has 0 saturated carbocycles. The predicted octanol–water partition coefficient (Wildman–Crippen LogP) is 3.36. The molecular weight excluding hydrogens is 249 g/mol. The molecule has 0 unspecified atom stereocenters. The Balaban J connectivity index is 2.56. The van der Waals surface area contributed by atoms with Crippen molar-refractivity contribution in [2.24, 2.45) is 0 Å². The van der Waals surface area contributed by atoms with E-state index in [0.717, 1.165) is 0 Å². The molecule has 1 aromatic rings. The molecule has 0 aliphatic carbocycles. The first-order chi connectivity index (χ1) is 7.47. The third-order valence-electron chi connectivity index (χ3n) is 1.69. The molecule has 0 aliphatic rings. The van der Waals surface area contributed by atoms with Gasteiger partial charge >= 0.3 is 0 Å². The van der Waals surface area contributed by atoms with Crippen LogP contribution in [-0.2, 0) is 9.53 Å². The molecule has 5 heteroatoms. The molecule has 1 rings (SSSR count). The van der Waals surface area contributed by atoms with E-state index in [9.17, 15) is 4.79 Å². The number of ether oxygens (including phenoxy) is 1. The summed E-state index contributed by atoms with van der Waals surface area (Å²) in [6.45, 7) is 3.74. The second-order valence-corrected chi connectivity index (χ2v) is 4.44. The normalized spacial score (nSPS) is 10.6. The molecule has 0 radical (unpaired) electrons. The van der Waals surface area contributed by atoms with Crippen molar-refractivity contribution in [2.75, 3.05) is 11.9 Å². The van der Waals surface area contributed by atoms with Gasteiger partial charge in [0.05, 0.1) is 6.10 Å². The molecule has 1 N–H and O–H groups in total. The monoisotopic (exact) mass is 261 g/mol. The second-order valence-electron chi connectivity index (χ2n) is 3.57. The van der Waals surface area contributed by atoms with E-state index in [1.807, 2.05) is 13.8 Å². The summed E-state index contributed by atoms with van der Waals surface area (Å²) in [6, 6.07) is 4.85. The first kappa shape index (κ1) is 13.3. The van der Waals surface area contributed by atoms with Gasteiger partial charge in [-0.3, -0.25) is 4.79 Å². The van der Waals surface area contributed by atoms with Gasteiger partial charge in [0.25, 0.3) is 0 Å². The van der Waals surface area contributed by atoms with Crippen LogP contribution in [0.15, 0.2) is 18.2 Å². The van der Waals surface area contributed by atoms with Gasteiger partial charge in [0.15, 0.2) is 0 Å². The van der Waals surface area contributed by atoms with Crippen LogP contribution in [0.25, 0.3) is 0 Å². The zero-order valence-corrected chi connectivity index (χ0v) is 10.6. The summed E-state index contributed by atoms with van der Waals surface area (Å²) < 4.78 is 5.16. The van der Waals surface area contributed by atoms with E-state index in [1.54, 1.807) is 18.2 Å². The minimum atomic E-state index is -0.230. The Morgan fingerprint density at radius 1 is 1.31 bits per heavy atom. The van der Waals surface area contributed by atoms with Gasteiger partial charge in [0.2, 0.25) is 5.91 Å². The first-order valence-corrected chi connectivity index (χ1v) is 5.60. The fourth-order valence-electron chi connectivity index (χ4n) is 1.07. The Kier molecular flexibility index (Phi) is 5.06. The summed E-state index contributed by atoms with van der Waals surface area (Å²) >= 11 is 11.6. The van der Waals surface area contributed by atoms with Crippen molar-refractivity contribution >= 4 is 34.8 Å². The van der Waals surface area contributed by atoms with E-state index in [0.29, 0.717) is 15.7 Å². The van der Waals surface area contributed by atoms with Crippen LogP contribution in [-0.4, -0.2) is 18.6 Å². The number of nitrogens with one attached hydrogen (secondary N) is 1. The number of amides is 1. The standard InChI is InChI=1S/C11H13Cl2NO2/c1-7(2)16-6-11(15)14-10-4-8(12)3-9(13)5-10/h3-5,7H,6H2,1-2H3,(H,14,15). The summed E-state index contributed by atoms with van der Waals surface area (Å²) in [6.07, 6.45) is 0.0219. The number of hydrogen-bond donors (Lipinski definition) is 1. The number of benzene rings is 1. The topological polar surface area (TPSA) is 38.3 Å². The lowest BCUT2D eigenvalue weighted by Gasteiger charge is -2.08. The summed E-state index contributed by atoms with van der Waals surface area (Å²) in [5.74, 6) is -0.230. The van der Waals surface area contributed by atoms with E-state index < -0.39 is 0 Å². The van der Waals surface area contributed by atoms with Crippen LogP contribution in [0.2, 0.25) is 10.0 Å². The molecule has 0 heterocycles. The van der Waals surface area contributed by atoms with Gasteiger partial charge < -0.3 is 10.1 Å². The van der Waals surface area contributed by atoms with Gasteiger partial charge in [-0.2, -0.15) is 0 Å². The van der Waals surface area contributed by atoms with Crippen LogP contribution in [0.1, 0.15) is 13.8 Å². The zero-order chi connectivity index (χ0) is 12.1. The molecule has 1 amide bonds. The first-order valence-electron chi connectivity index (χ1n) is 4.85. The number of halogens is 2. The number of rotatable bonds is 4. The van der Waals surface area contributed by atoms with E-state index in [1.165, 1.54) is 0 Å². The lowest BCUT2D eigenvalue weighted by atomic mass is 10.3. The molecule has 0 saturated heterocycles. The molecule has 0 spiro atoms. The van der Waals surface area contributed by atoms with Crippen molar-refractivity contribution in [1.82, 2.24) is 0 Å². The Morgan fingerprint density at radius 3 is 2.38 bits per heavy atom. The molecule has 88 valence electrons. The van der Waals surface area contributed by atoms with Gasteiger partial charge in [0.1, 0.15) is 6.61 Å². The van der Waals surface area contributed by atoms with Crippen LogP contribution >= 0.6 is 23.2 Å². The highest BCUT2D eigenvalue weighted by Crippen LogP contribution is 2.22. The highest BCUT2D eigenvalue weighted by molar-refractivity contribution is 6.35. The Morgan fingerprint density at radius 2 is 1.88 bits per heavy atom. The Labute approximate surface area is 105 Å². The maximum atomic E-state index is 11.4. The van der Waals surface area contributed by atoms with Crippen molar-refractivity contribution in [1.29, 1.82) is 0 Å². The lowest BCUT2D eigenvalue weighted by Crippen LogP contribution is -2.20. The molecule has 1 aromatic carbocycles. The average molecular weight is 262 g/mol. The highest BCUT2D eigenvalue weighted by atomic mass is 35.5. The van der Waals surface area contributed by atoms with Crippen molar-refractivity contribution in [3.63, 3.8) is 0 Å². The minimum absolute atomic E-state index is 0.0157. The second kappa shape index (κ2) is 6.09. The number of hydrogen-bond acceptors (Lipinski definition) is 2. The summed E-state index contributed by atoms with van der Waals surface area (Å²) in [5.41, 5.74) is 0.565. The Hall–Kier alpha value is -0.770. The van der Waals surface area contributed by atoms with Gasteiger partial charge in [-0.25, -0.2) is 0 Å². The van der Waals surface area contributed by atoms with E-state index in [4.69, 9.17) is 27.9 Å². The summed E-state index contributed by atoms with van der Waals surface area (Å²) in [4.78, 5) is 11.4. The van der Waals surface area contributed by atoms with Crippen LogP contribution in [0.5, 0.6) is 0 Å². The van der Waals surface area contributed by atoms with Crippen LogP contribution < -0.4 is 5.32 Å². The van der Waals surface area contributed by atoms with Crippen LogP contribution in [0, 0.1) is 0 Å². The molecule has 0 atom stereocenters. The average Bonchev–Trinajstić information content (AvgIpc) is 2.12. The van der Waals surface area contributed by atoms with E-state index >= 15 is 0 Å². The lowest BCUT2D eigenvalue weighted by molar-refractivity contribution is -0.121. The number of carbonyl (C=O) groups excluding carboxylic acids is 1. The molecule has 0 aliphatic heterocycles. The maximum Gasteiger partial charge on any atom is 0.250 e. The summed E-state index contributed by atoms with van der Waals surface area (Å²) in [5, 5.41) is 3.60. The fraction of sp³-hybridized carbons (Fsp3) is 0.364. The smallest absolute Gasteiger partial charge is 0.250 e. The number of carbonyl (C=O) groups is 1. The number of anilines is 1. The van der Waals surface area contributed by atoms with Crippen molar-refractivity contribution in [3.05, 3.63) is 28.2 Å². The fourth-order valence-corrected chi connectivity index (χ4v) is 1.59. The van der Waals surface area contributed by atoms with E-state index in [2.05, 4.69) is 5.32 Å². The molecule has 0 aromatic heterocycles. The van der Waals surface area contributed by atoms with Crippen LogP contribution in [0.4, 0.5) is 5.69 Å². The predicted molar refractivity (Wildman–Crippen MR) is 66.2 cm³/mol. The van der Waals surface area contributed by atoms with Gasteiger partial charge in [-0.15, -0.1) is 0 Å². The van der Waals surface area contributed by atoms with Crippen molar-refractivity contribution < 1.29 is 9.53 Å². The van der Waals surface area contributed by atoms with Gasteiger partial charge in [-0.05, 0) is 32.0 Å². The molecule has 3 nitrogen and oxygen atoms in total. The third kappa shape index (κ3) is 4.84. The van der Waals surface area contributed by atoms with Crippen molar-refractivity contribution in [3.8, 4) is 0 Å². The molecule has 0 bridgehead atoms. The molecule has 0 fully saturated rings.